The van der Waals surface area contributed by atoms with E-state index in [0.717, 1.165) is 11.8 Å². The second kappa shape index (κ2) is 5.96. The van der Waals surface area contributed by atoms with Gasteiger partial charge in [0.1, 0.15) is 17.5 Å². The minimum atomic E-state index is -3.16. The van der Waals surface area contributed by atoms with Crippen LogP contribution in [0.15, 0.2) is 0 Å². The van der Waals surface area contributed by atoms with Crippen LogP contribution < -0.4 is 15.8 Å². The predicted molar refractivity (Wildman–Crippen MR) is 71.9 cm³/mol. The molecule has 0 saturated heterocycles. The Morgan fingerprint density at radius 3 is 2.50 bits per heavy atom. The lowest BCUT2D eigenvalue weighted by Gasteiger charge is -2.11. The lowest BCUT2D eigenvalue weighted by molar-refractivity contribution is 0.589. The largest absolute Gasteiger partial charge is 0.383 e. The Morgan fingerprint density at radius 1 is 1.28 bits per heavy atom. The molecule has 7 nitrogen and oxygen atoms in total. The second-order valence-corrected chi connectivity index (χ2v) is 5.78. The van der Waals surface area contributed by atoms with Crippen LogP contribution in [-0.4, -0.2) is 37.7 Å². The van der Waals surface area contributed by atoms with Gasteiger partial charge in [0.05, 0.1) is 6.26 Å². The maximum absolute atomic E-state index is 10.9. The molecule has 0 aromatic carbocycles. The van der Waals surface area contributed by atoms with E-state index in [1.165, 1.54) is 0 Å². The smallest absolute Gasteiger partial charge is 0.208 e. The van der Waals surface area contributed by atoms with Gasteiger partial charge in [-0.05, 0) is 6.92 Å². The van der Waals surface area contributed by atoms with Crippen molar-refractivity contribution in [3.8, 4) is 0 Å². The van der Waals surface area contributed by atoms with Gasteiger partial charge in [-0.2, -0.15) is 0 Å². The van der Waals surface area contributed by atoms with Crippen molar-refractivity contribution in [1.29, 1.82) is 0 Å². The zero-order chi connectivity index (χ0) is 13.8. The Labute approximate surface area is 107 Å². The fourth-order valence-electron chi connectivity index (χ4n) is 1.33. The number of nitrogens with one attached hydrogen (secondary N) is 2. The first-order valence-corrected chi connectivity index (χ1v) is 7.54. The third-order valence-electron chi connectivity index (χ3n) is 2.33. The zero-order valence-electron chi connectivity index (χ0n) is 10.8. The van der Waals surface area contributed by atoms with Crippen molar-refractivity contribution in [2.24, 2.45) is 0 Å². The number of nitrogens with zero attached hydrogens (tertiary/aromatic N) is 2. The molecule has 0 amide bonds. The Kier molecular flexibility index (Phi) is 4.85. The highest BCUT2D eigenvalue weighted by Crippen LogP contribution is 2.16. The minimum absolute atomic E-state index is 0.295. The van der Waals surface area contributed by atoms with Gasteiger partial charge >= 0.3 is 0 Å². The van der Waals surface area contributed by atoms with Crippen LogP contribution in [-0.2, 0) is 16.4 Å². The van der Waals surface area contributed by atoms with Gasteiger partial charge < -0.3 is 11.1 Å². The number of anilines is 2. The van der Waals surface area contributed by atoms with E-state index in [0.29, 0.717) is 37.0 Å². The van der Waals surface area contributed by atoms with Gasteiger partial charge in [-0.3, -0.25) is 0 Å². The molecule has 0 aliphatic heterocycles. The van der Waals surface area contributed by atoms with Crippen molar-refractivity contribution in [1.82, 2.24) is 14.7 Å². The summed E-state index contributed by atoms with van der Waals surface area (Å²) in [4.78, 5) is 8.44. The SMILES string of the molecule is CCc1nc(N)c(C)c(NCCNS(C)(=O)=O)n1. The molecule has 0 saturated carbocycles. The number of nitrogen functional groups attached to an aromatic ring is 1. The van der Waals surface area contributed by atoms with Crippen molar-refractivity contribution in [2.45, 2.75) is 20.3 Å². The Morgan fingerprint density at radius 2 is 1.94 bits per heavy atom. The van der Waals surface area contributed by atoms with E-state index in [1.807, 2.05) is 13.8 Å². The van der Waals surface area contributed by atoms with E-state index >= 15 is 0 Å². The van der Waals surface area contributed by atoms with Gasteiger partial charge in [0.2, 0.25) is 10.0 Å². The Bertz CT molecular complexity index is 515. The van der Waals surface area contributed by atoms with Gasteiger partial charge in [-0.15, -0.1) is 0 Å². The molecule has 1 heterocycles. The lowest BCUT2D eigenvalue weighted by Crippen LogP contribution is -2.28. The van der Waals surface area contributed by atoms with Gasteiger partial charge in [-0.1, -0.05) is 6.92 Å². The average molecular weight is 273 g/mol. The molecule has 0 atom stereocenters. The Balaban J connectivity index is 2.64. The summed E-state index contributed by atoms with van der Waals surface area (Å²) in [6.07, 6.45) is 1.82. The van der Waals surface area contributed by atoms with Gasteiger partial charge in [0, 0.05) is 25.1 Å². The molecule has 1 aromatic rings. The van der Waals surface area contributed by atoms with Crippen molar-refractivity contribution >= 4 is 21.7 Å². The van der Waals surface area contributed by atoms with E-state index in [4.69, 9.17) is 5.73 Å². The third-order valence-corrected chi connectivity index (χ3v) is 3.06. The van der Waals surface area contributed by atoms with Crippen LogP contribution in [0.25, 0.3) is 0 Å². The van der Waals surface area contributed by atoms with Crippen LogP contribution in [0.4, 0.5) is 11.6 Å². The molecule has 0 bridgehead atoms. The van der Waals surface area contributed by atoms with Crippen molar-refractivity contribution in [3.05, 3.63) is 11.4 Å². The number of aromatic nitrogens is 2. The number of hydrogen-bond acceptors (Lipinski definition) is 6. The lowest BCUT2D eigenvalue weighted by atomic mass is 10.3. The van der Waals surface area contributed by atoms with Crippen LogP contribution in [0, 0.1) is 6.92 Å². The van der Waals surface area contributed by atoms with E-state index in [-0.39, 0.29) is 0 Å². The molecule has 0 unspecified atom stereocenters. The van der Waals surface area contributed by atoms with Crippen LogP contribution in [0.3, 0.4) is 0 Å². The normalized spacial score (nSPS) is 11.5. The topological polar surface area (TPSA) is 110 Å². The van der Waals surface area contributed by atoms with E-state index in [2.05, 4.69) is 20.0 Å². The molecule has 1 rings (SSSR count). The van der Waals surface area contributed by atoms with Crippen LogP contribution in [0.1, 0.15) is 18.3 Å². The molecule has 18 heavy (non-hydrogen) atoms. The quantitative estimate of drug-likeness (QED) is 0.624. The van der Waals surface area contributed by atoms with E-state index < -0.39 is 10.0 Å². The van der Waals surface area contributed by atoms with Gasteiger partial charge in [-0.25, -0.2) is 23.1 Å². The van der Waals surface area contributed by atoms with Crippen LogP contribution >= 0.6 is 0 Å². The maximum Gasteiger partial charge on any atom is 0.208 e. The van der Waals surface area contributed by atoms with E-state index in [9.17, 15) is 8.42 Å². The molecule has 4 N–H and O–H groups in total. The van der Waals surface area contributed by atoms with Crippen molar-refractivity contribution < 1.29 is 8.42 Å². The van der Waals surface area contributed by atoms with Crippen molar-refractivity contribution in [2.75, 3.05) is 30.4 Å². The monoisotopic (exact) mass is 273 g/mol. The average Bonchev–Trinajstić information content (AvgIpc) is 2.28. The molecule has 0 fully saturated rings. The maximum atomic E-state index is 10.9. The highest BCUT2D eigenvalue weighted by molar-refractivity contribution is 7.88. The van der Waals surface area contributed by atoms with Gasteiger partial charge in [0.15, 0.2) is 0 Å². The molecule has 102 valence electrons. The predicted octanol–water partition coefficient (Wildman–Crippen LogP) is -0.109. The first kappa shape index (κ1) is 14.7. The molecular formula is C10H19N5O2S. The minimum Gasteiger partial charge on any atom is -0.383 e. The third kappa shape index (κ3) is 4.46. The van der Waals surface area contributed by atoms with Crippen molar-refractivity contribution in [3.63, 3.8) is 0 Å². The summed E-state index contributed by atoms with van der Waals surface area (Å²) in [5.74, 6) is 1.76. The summed E-state index contributed by atoms with van der Waals surface area (Å²) in [6.45, 7) is 4.50. The molecule has 8 heteroatoms. The van der Waals surface area contributed by atoms with Crippen LogP contribution in [0.2, 0.25) is 0 Å². The van der Waals surface area contributed by atoms with E-state index in [1.54, 1.807) is 0 Å². The molecule has 0 spiro atoms. The summed E-state index contributed by atoms with van der Waals surface area (Å²) in [7, 11) is -3.16. The van der Waals surface area contributed by atoms with Crippen LogP contribution in [0.5, 0.6) is 0 Å². The van der Waals surface area contributed by atoms with Gasteiger partial charge in [0.25, 0.3) is 0 Å². The number of rotatable bonds is 6. The number of aryl methyl sites for hydroxylation is 1. The standard InChI is InChI=1S/C10H19N5O2S/c1-4-8-14-9(11)7(2)10(15-8)12-5-6-13-18(3,16)17/h13H,4-6H2,1-3H3,(H3,11,12,14,15). The number of sulfonamides is 1. The second-order valence-electron chi connectivity index (χ2n) is 3.95. The highest BCUT2D eigenvalue weighted by atomic mass is 32.2. The summed E-state index contributed by atoms with van der Waals surface area (Å²) < 4.78 is 24.1. The summed E-state index contributed by atoms with van der Waals surface area (Å²) in [5, 5.41) is 3.04. The number of hydrogen-bond donors (Lipinski definition) is 3. The Hall–Kier alpha value is -1.41. The highest BCUT2D eigenvalue weighted by Gasteiger charge is 2.07. The fraction of sp³-hybridized carbons (Fsp3) is 0.600. The fourth-order valence-corrected chi connectivity index (χ4v) is 1.80. The molecule has 0 radical (unpaired) electrons. The summed E-state index contributed by atoms with van der Waals surface area (Å²) in [5.41, 5.74) is 6.54. The summed E-state index contributed by atoms with van der Waals surface area (Å²) >= 11 is 0. The first-order chi connectivity index (χ1) is 8.33. The number of nitrogens with two attached hydrogens (primary N) is 1. The molecule has 0 aliphatic carbocycles. The zero-order valence-corrected chi connectivity index (χ0v) is 11.6. The molecule has 0 aliphatic rings. The summed E-state index contributed by atoms with van der Waals surface area (Å²) in [6, 6.07) is 0. The molecular weight excluding hydrogens is 254 g/mol. The molecule has 1 aromatic heterocycles. The first-order valence-electron chi connectivity index (χ1n) is 5.65.